The van der Waals surface area contributed by atoms with Gasteiger partial charge in [-0.1, -0.05) is 18.5 Å². The predicted molar refractivity (Wildman–Crippen MR) is 59.8 cm³/mol. The molecule has 14 heavy (non-hydrogen) atoms. The fourth-order valence-electron chi connectivity index (χ4n) is 0.774. The molecule has 0 aromatic carbocycles. The van der Waals surface area contributed by atoms with Crippen LogP contribution in [0.3, 0.4) is 0 Å². The van der Waals surface area contributed by atoms with E-state index in [2.05, 4.69) is 4.98 Å². The van der Waals surface area contributed by atoms with E-state index in [1.54, 1.807) is 0 Å². The number of hydrogen-bond donors (Lipinski definition) is 0. The molecule has 1 unspecified atom stereocenters. The van der Waals surface area contributed by atoms with E-state index in [0.717, 1.165) is 5.75 Å². The van der Waals surface area contributed by atoms with Gasteiger partial charge in [-0.3, -0.25) is 0 Å². The fourth-order valence-corrected chi connectivity index (χ4v) is 2.04. The van der Waals surface area contributed by atoms with E-state index < -0.39 is 0 Å². The van der Waals surface area contributed by atoms with Crippen LogP contribution in [0.15, 0.2) is 17.3 Å². The van der Waals surface area contributed by atoms with Crippen molar-refractivity contribution in [3.8, 4) is 0 Å². The lowest BCUT2D eigenvalue weighted by Gasteiger charge is -2.06. The molecule has 78 valence electrons. The van der Waals surface area contributed by atoms with Crippen molar-refractivity contribution in [3.63, 3.8) is 0 Å². The van der Waals surface area contributed by atoms with Crippen LogP contribution in [0.4, 0.5) is 4.39 Å². The van der Waals surface area contributed by atoms with Gasteiger partial charge in [0.2, 0.25) is 0 Å². The third kappa shape index (κ3) is 3.64. The summed E-state index contributed by atoms with van der Waals surface area (Å²) >= 11 is 12.6. The van der Waals surface area contributed by atoms with Gasteiger partial charge in [-0.05, 0) is 12.0 Å². The summed E-state index contributed by atoms with van der Waals surface area (Å²) in [5, 5.41) is 0.698. The first-order valence-corrected chi connectivity index (χ1v) is 6.03. The number of thioether (sulfide) groups is 1. The van der Waals surface area contributed by atoms with E-state index >= 15 is 0 Å². The van der Waals surface area contributed by atoms with Crippen molar-refractivity contribution in [1.29, 1.82) is 0 Å². The van der Waals surface area contributed by atoms with Crippen LogP contribution in [-0.4, -0.2) is 16.6 Å². The Kier molecular flexibility index (Phi) is 4.99. The minimum Gasteiger partial charge on any atom is -0.245 e. The molecule has 1 aromatic heterocycles. The average molecular weight is 254 g/mol. The van der Waals surface area contributed by atoms with Crippen molar-refractivity contribution >= 4 is 35.0 Å². The normalized spacial score (nSPS) is 12.9. The second kappa shape index (κ2) is 5.79. The molecule has 0 amide bonds. The Hall–Kier alpha value is 0.01000. The van der Waals surface area contributed by atoms with E-state index in [1.807, 2.05) is 6.92 Å². The molecule has 1 nitrogen and oxygen atoms in total. The largest absolute Gasteiger partial charge is 0.245 e. The molecule has 0 bridgehead atoms. The summed E-state index contributed by atoms with van der Waals surface area (Å²) in [5.74, 6) is 1.31. The van der Waals surface area contributed by atoms with Crippen molar-refractivity contribution in [1.82, 2.24) is 4.98 Å². The van der Waals surface area contributed by atoms with Gasteiger partial charge in [0.1, 0.15) is 5.03 Å². The maximum Gasteiger partial charge on any atom is 0.156 e. The number of nitrogens with zero attached hydrogens (tertiary/aromatic N) is 1. The molecule has 0 saturated carbocycles. The number of alkyl halides is 1. The molecular formula is C9H10Cl2FNS. The first kappa shape index (κ1) is 12.1. The third-order valence-corrected chi connectivity index (χ3v) is 3.59. The zero-order valence-electron chi connectivity index (χ0n) is 7.64. The molecule has 1 rings (SSSR count). The minimum atomic E-state index is -0.371. The third-order valence-electron chi connectivity index (χ3n) is 1.54. The zero-order valence-corrected chi connectivity index (χ0v) is 9.96. The summed E-state index contributed by atoms with van der Waals surface area (Å²) in [6.45, 7) is 2.01. The molecule has 0 aliphatic heterocycles. The summed E-state index contributed by atoms with van der Waals surface area (Å²) in [4.78, 5) is 3.90. The lowest BCUT2D eigenvalue weighted by Crippen LogP contribution is -2.00. The molecule has 5 heteroatoms. The number of pyridine rings is 1. The summed E-state index contributed by atoms with van der Waals surface area (Å²) < 4.78 is 13.2. The van der Waals surface area contributed by atoms with Crippen LogP contribution in [-0.2, 0) is 0 Å². The summed E-state index contributed by atoms with van der Waals surface area (Å²) in [7, 11) is 0. The second-order valence-electron chi connectivity index (χ2n) is 3.01. The Morgan fingerprint density at radius 1 is 1.64 bits per heavy atom. The molecule has 0 radical (unpaired) electrons. The Labute approximate surface area is 97.0 Å². The van der Waals surface area contributed by atoms with Gasteiger partial charge in [0.15, 0.2) is 5.82 Å². The Bertz CT molecular complexity index is 309. The Balaban J connectivity index is 2.59. The first-order valence-electron chi connectivity index (χ1n) is 4.13. The van der Waals surface area contributed by atoms with Gasteiger partial charge in [0.05, 0.1) is 5.02 Å². The summed E-state index contributed by atoms with van der Waals surface area (Å²) in [6.07, 6.45) is 1.44. The van der Waals surface area contributed by atoms with Crippen molar-refractivity contribution < 1.29 is 4.39 Å². The highest BCUT2D eigenvalue weighted by Gasteiger charge is 2.07. The molecule has 0 fully saturated rings. The second-order valence-corrected chi connectivity index (χ2v) is 4.76. The average Bonchev–Trinajstić information content (AvgIpc) is 2.16. The minimum absolute atomic E-state index is 0.317. The van der Waals surface area contributed by atoms with Gasteiger partial charge in [0.25, 0.3) is 0 Å². The summed E-state index contributed by atoms with van der Waals surface area (Å²) in [5.41, 5.74) is 0. The molecule has 0 saturated heterocycles. The summed E-state index contributed by atoms with van der Waals surface area (Å²) in [6, 6.07) is 1.27. The quantitative estimate of drug-likeness (QED) is 0.598. The maximum absolute atomic E-state index is 13.2. The van der Waals surface area contributed by atoms with Crippen molar-refractivity contribution in [2.24, 2.45) is 5.92 Å². The van der Waals surface area contributed by atoms with E-state index in [-0.39, 0.29) is 5.82 Å². The smallest absolute Gasteiger partial charge is 0.156 e. The molecule has 0 N–H and O–H groups in total. The number of hydrogen-bond acceptors (Lipinski definition) is 2. The van der Waals surface area contributed by atoms with Crippen LogP contribution in [0, 0.1) is 11.7 Å². The molecule has 0 aliphatic carbocycles. The molecule has 0 aliphatic rings. The molecular weight excluding hydrogens is 244 g/mol. The highest BCUT2D eigenvalue weighted by molar-refractivity contribution is 7.99. The van der Waals surface area contributed by atoms with Gasteiger partial charge in [-0.15, -0.1) is 23.4 Å². The van der Waals surface area contributed by atoms with Crippen LogP contribution in [0.25, 0.3) is 0 Å². The van der Waals surface area contributed by atoms with E-state index in [9.17, 15) is 4.39 Å². The monoisotopic (exact) mass is 253 g/mol. The van der Waals surface area contributed by atoms with E-state index in [0.29, 0.717) is 21.8 Å². The van der Waals surface area contributed by atoms with Crippen LogP contribution in [0.1, 0.15) is 6.92 Å². The van der Waals surface area contributed by atoms with Crippen LogP contribution in [0.2, 0.25) is 5.02 Å². The van der Waals surface area contributed by atoms with E-state index in [1.165, 1.54) is 24.0 Å². The molecule has 1 aromatic rings. The van der Waals surface area contributed by atoms with Crippen molar-refractivity contribution in [3.05, 3.63) is 23.1 Å². The first-order chi connectivity index (χ1) is 6.63. The molecule has 1 atom stereocenters. The molecule has 0 spiro atoms. The van der Waals surface area contributed by atoms with Gasteiger partial charge >= 0.3 is 0 Å². The van der Waals surface area contributed by atoms with Crippen LogP contribution < -0.4 is 0 Å². The lowest BCUT2D eigenvalue weighted by atomic mass is 10.3. The Morgan fingerprint density at radius 2 is 2.36 bits per heavy atom. The highest BCUT2D eigenvalue weighted by Crippen LogP contribution is 2.23. The standard InChI is InChI=1S/C9H10Cl2FNS/c1-6(3-10)5-14-9-8(12)2-7(11)4-13-9/h2,4,6H,3,5H2,1H3. The van der Waals surface area contributed by atoms with Crippen molar-refractivity contribution in [2.75, 3.05) is 11.6 Å². The van der Waals surface area contributed by atoms with Gasteiger partial charge in [0, 0.05) is 17.8 Å². The predicted octanol–water partition coefficient (Wildman–Crippen LogP) is 3.84. The van der Waals surface area contributed by atoms with Crippen LogP contribution >= 0.6 is 35.0 Å². The van der Waals surface area contributed by atoms with Gasteiger partial charge in [-0.2, -0.15) is 0 Å². The number of rotatable bonds is 4. The van der Waals surface area contributed by atoms with Crippen LogP contribution in [0.5, 0.6) is 0 Å². The van der Waals surface area contributed by atoms with E-state index in [4.69, 9.17) is 23.2 Å². The SMILES string of the molecule is CC(CCl)CSc1ncc(Cl)cc1F. The van der Waals surface area contributed by atoms with Gasteiger partial charge < -0.3 is 0 Å². The lowest BCUT2D eigenvalue weighted by molar-refractivity contribution is 0.587. The topological polar surface area (TPSA) is 12.9 Å². The number of aromatic nitrogens is 1. The number of halogens is 3. The highest BCUT2D eigenvalue weighted by atomic mass is 35.5. The Morgan fingerprint density at radius 3 is 2.93 bits per heavy atom. The molecule has 1 heterocycles. The fraction of sp³-hybridized carbons (Fsp3) is 0.444. The zero-order chi connectivity index (χ0) is 10.6. The van der Waals surface area contributed by atoms with Crippen molar-refractivity contribution in [2.45, 2.75) is 11.9 Å². The van der Waals surface area contributed by atoms with Gasteiger partial charge in [-0.25, -0.2) is 9.37 Å². The maximum atomic E-state index is 13.2.